The van der Waals surface area contributed by atoms with Crippen LogP contribution < -0.4 is 10.1 Å². The number of rotatable bonds is 8. The number of nitrogens with one attached hydrogen (secondary N) is 1. The normalized spacial score (nSPS) is 10.7. The number of halogens is 3. The smallest absolute Gasteiger partial charge is 0.289 e. The Morgan fingerprint density at radius 2 is 2.03 bits per heavy atom. The Morgan fingerprint density at radius 1 is 1.26 bits per heavy atom. The van der Waals surface area contributed by atoms with Crippen LogP contribution in [0.4, 0.5) is 15.8 Å². The van der Waals surface area contributed by atoms with Crippen LogP contribution in [0.15, 0.2) is 41.6 Å². The first-order valence-electron chi connectivity index (χ1n) is 8.57. The van der Waals surface area contributed by atoms with Crippen LogP contribution >= 0.6 is 35.0 Å². The van der Waals surface area contributed by atoms with Gasteiger partial charge in [0.25, 0.3) is 5.69 Å². The van der Waals surface area contributed by atoms with E-state index in [0.717, 1.165) is 11.8 Å². The standard InChI is InChI=1S/C18H14Cl2FN5O4S/c1-25-16(8-30-11-3-5-14(21)13(20)7-11)23-24-18(25)31-9-17(27)22-10-2-4-12(19)15(6-10)26(28)29/h2-7H,8-9H2,1H3,(H,22,27). The minimum atomic E-state index is -0.629. The van der Waals surface area contributed by atoms with E-state index in [-0.39, 0.29) is 39.7 Å². The molecule has 0 aliphatic heterocycles. The van der Waals surface area contributed by atoms with Crippen molar-refractivity contribution < 1.29 is 18.8 Å². The molecule has 0 fully saturated rings. The highest BCUT2D eigenvalue weighted by molar-refractivity contribution is 7.99. The molecule has 1 N–H and O–H groups in total. The van der Waals surface area contributed by atoms with E-state index >= 15 is 0 Å². The first-order chi connectivity index (χ1) is 14.7. The number of amides is 1. The number of ether oxygens (including phenoxy) is 1. The molecule has 1 amide bonds. The van der Waals surface area contributed by atoms with Crippen molar-refractivity contribution in [3.63, 3.8) is 0 Å². The number of carbonyl (C=O) groups excluding carboxylic acids is 1. The summed E-state index contributed by atoms with van der Waals surface area (Å²) in [5.41, 5.74) is -0.0424. The molecule has 1 heterocycles. The molecule has 3 aromatic rings. The molecule has 0 aliphatic carbocycles. The van der Waals surface area contributed by atoms with Gasteiger partial charge in [0.1, 0.15) is 23.2 Å². The lowest BCUT2D eigenvalue weighted by molar-refractivity contribution is -0.384. The zero-order valence-corrected chi connectivity index (χ0v) is 18.2. The van der Waals surface area contributed by atoms with E-state index < -0.39 is 10.7 Å². The van der Waals surface area contributed by atoms with Crippen molar-refractivity contribution in [3.05, 3.63) is 68.2 Å². The van der Waals surface area contributed by atoms with Crippen LogP contribution in [0.2, 0.25) is 10.0 Å². The monoisotopic (exact) mass is 485 g/mol. The summed E-state index contributed by atoms with van der Waals surface area (Å²) in [5, 5.41) is 21.9. The van der Waals surface area contributed by atoms with Crippen LogP contribution in [0.25, 0.3) is 0 Å². The average molecular weight is 486 g/mol. The summed E-state index contributed by atoms with van der Waals surface area (Å²) in [5.74, 6) is -0.0745. The maximum absolute atomic E-state index is 13.2. The van der Waals surface area contributed by atoms with Crippen LogP contribution in [-0.2, 0) is 18.4 Å². The van der Waals surface area contributed by atoms with Crippen molar-refractivity contribution >= 4 is 52.2 Å². The number of thioether (sulfide) groups is 1. The number of carbonyl (C=O) groups is 1. The Bertz CT molecular complexity index is 1140. The fraction of sp³-hybridized carbons (Fsp3) is 0.167. The van der Waals surface area contributed by atoms with E-state index in [1.54, 1.807) is 11.6 Å². The summed E-state index contributed by atoms with van der Waals surface area (Å²) in [6.45, 7) is 0.0622. The molecular formula is C18H14Cl2FN5O4S. The Balaban J connectivity index is 1.55. The molecule has 0 atom stereocenters. The molecular weight excluding hydrogens is 472 g/mol. The lowest BCUT2D eigenvalue weighted by atomic mass is 10.3. The fourth-order valence-corrected chi connectivity index (χ4v) is 3.46. The van der Waals surface area contributed by atoms with Gasteiger partial charge in [0.2, 0.25) is 5.91 Å². The third kappa shape index (κ3) is 5.84. The van der Waals surface area contributed by atoms with Crippen molar-refractivity contribution in [2.24, 2.45) is 7.05 Å². The topological polar surface area (TPSA) is 112 Å². The molecule has 0 saturated carbocycles. The van der Waals surface area contributed by atoms with E-state index in [4.69, 9.17) is 27.9 Å². The molecule has 31 heavy (non-hydrogen) atoms. The summed E-state index contributed by atoms with van der Waals surface area (Å²) in [6, 6.07) is 7.99. The maximum atomic E-state index is 13.2. The van der Waals surface area contributed by atoms with Gasteiger partial charge in [0.05, 0.1) is 15.7 Å². The van der Waals surface area contributed by atoms with Gasteiger partial charge >= 0.3 is 0 Å². The second-order valence-electron chi connectivity index (χ2n) is 6.08. The van der Waals surface area contributed by atoms with Gasteiger partial charge in [-0.25, -0.2) is 4.39 Å². The zero-order chi connectivity index (χ0) is 22.5. The molecule has 2 aromatic carbocycles. The van der Waals surface area contributed by atoms with Gasteiger partial charge in [-0.1, -0.05) is 35.0 Å². The minimum Gasteiger partial charge on any atom is -0.486 e. The Kier molecular flexibility index (Phi) is 7.31. The van der Waals surface area contributed by atoms with Crippen molar-refractivity contribution in [1.29, 1.82) is 0 Å². The Hall–Kier alpha value is -2.89. The van der Waals surface area contributed by atoms with Gasteiger partial charge in [0.15, 0.2) is 11.0 Å². The van der Waals surface area contributed by atoms with E-state index in [1.807, 2.05) is 0 Å². The van der Waals surface area contributed by atoms with Crippen molar-refractivity contribution in [2.45, 2.75) is 11.8 Å². The number of hydrogen-bond donors (Lipinski definition) is 1. The summed E-state index contributed by atoms with van der Waals surface area (Å²) in [7, 11) is 1.71. The van der Waals surface area contributed by atoms with Crippen LogP contribution in [-0.4, -0.2) is 31.3 Å². The molecule has 162 valence electrons. The van der Waals surface area contributed by atoms with E-state index in [9.17, 15) is 19.3 Å². The second-order valence-corrected chi connectivity index (χ2v) is 7.84. The lowest BCUT2D eigenvalue weighted by Crippen LogP contribution is -2.14. The average Bonchev–Trinajstić information content (AvgIpc) is 3.08. The minimum absolute atomic E-state index is 0.00315. The van der Waals surface area contributed by atoms with Gasteiger partial charge < -0.3 is 14.6 Å². The number of benzene rings is 2. The molecule has 0 saturated heterocycles. The summed E-state index contributed by atoms with van der Waals surface area (Å²) >= 11 is 12.6. The van der Waals surface area contributed by atoms with Gasteiger partial charge in [-0.15, -0.1) is 10.2 Å². The lowest BCUT2D eigenvalue weighted by Gasteiger charge is -2.08. The number of anilines is 1. The third-order valence-electron chi connectivity index (χ3n) is 3.94. The molecule has 1 aromatic heterocycles. The van der Waals surface area contributed by atoms with E-state index in [2.05, 4.69) is 15.5 Å². The SMILES string of the molecule is Cn1c(COc2ccc(F)c(Cl)c2)nnc1SCC(=O)Nc1ccc(Cl)c([N+](=O)[O-])c1. The highest BCUT2D eigenvalue weighted by atomic mass is 35.5. The molecule has 13 heteroatoms. The maximum Gasteiger partial charge on any atom is 0.289 e. The van der Waals surface area contributed by atoms with Crippen LogP contribution in [0.3, 0.4) is 0 Å². The van der Waals surface area contributed by atoms with Gasteiger partial charge in [-0.3, -0.25) is 14.9 Å². The van der Waals surface area contributed by atoms with E-state index in [0.29, 0.717) is 16.7 Å². The number of nitrogens with zero attached hydrogens (tertiary/aromatic N) is 4. The van der Waals surface area contributed by atoms with Crippen molar-refractivity contribution in [2.75, 3.05) is 11.1 Å². The first-order valence-corrected chi connectivity index (χ1v) is 10.3. The van der Waals surface area contributed by atoms with Crippen molar-refractivity contribution in [3.8, 4) is 5.75 Å². The predicted molar refractivity (Wildman–Crippen MR) is 114 cm³/mol. The number of hydrogen-bond acceptors (Lipinski definition) is 7. The quantitative estimate of drug-likeness (QED) is 0.284. The number of nitro groups is 1. The Morgan fingerprint density at radius 3 is 2.74 bits per heavy atom. The van der Waals surface area contributed by atoms with Crippen LogP contribution in [0, 0.1) is 15.9 Å². The van der Waals surface area contributed by atoms with Gasteiger partial charge in [0, 0.05) is 24.9 Å². The van der Waals surface area contributed by atoms with Crippen LogP contribution in [0.1, 0.15) is 5.82 Å². The summed E-state index contributed by atoms with van der Waals surface area (Å²) in [4.78, 5) is 22.5. The fourth-order valence-electron chi connectivity index (χ4n) is 2.37. The van der Waals surface area contributed by atoms with Gasteiger partial charge in [-0.2, -0.15) is 0 Å². The van der Waals surface area contributed by atoms with Crippen molar-refractivity contribution in [1.82, 2.24) is 14.8 Å². The molecule has 0 bridgehead atoms. The largest absolute Gasteiger partial charge is 0.486 e. The first kappa shape index (κ1) is 22.8. The van der Waals surface area contributed by atoms with E-state index in [1.165, 1.54) is 36.4 Å². The highest BCUT2D eigenvalue weighted by Crippen LogP contribution is 2.27. The molecule has 3 rings (SSSR count). The number of aromatic nitrogens is 3. The summed E-state index contributed by atoms with van der Waals surface area (Å²) < 4.78 is 20.4. The third-order valence-corrected chi connectivity index (χ3v) is 5.57. The Labute approximate surface area is 189 Å². The number of nitro benzene ring substituents is 1. The molecule has 9 nitrogen and oxygen atoms in total. The zero-order valence-electron chi connectivity index (χ0n) is 15.8. The molecule has 0 aliphatic rings. The highest BCUT2D eigenvalue weighted by Gasteiger charge is 2.16. The van der Waals surface area contributed by atoms with Crippen LogP contribution in [0.5, 0.6) is 5.75 Å². The van der Waals surface area contributed by atoms with Gasteiger partial charge in [-0.05, 0) is 24.3 Å². The predicted octanol–water partition coefficient (Wildman–Crippen LogP) is 4.48. The molecule has 0 spiro atoms. The second kappa shape index (κ2) is 9.94. The molecule has 0 radical (unpaired) electrons. The summed E-state index contributed by atoms with van der Waals surface area (Å²) in [6.07, 6.45) is 0. The molecule has 0 unspecified atom stereocenters.